The van der Waals surface area contributed by atoms with Crippen molar-refractivity contribution in [1.82, 2.24) is 10.2 Å². The van der Waals surface area contributed by atoms with Crippen LogP contribution in [0, 0.1) is 0 Å². The van der Waals surface area contributed by atoms with Gasteiger partial charge in [0.15, 0.2) is 5.96 Å². The van der Waals surface area contributed by atoms with Gasteiger partial charge in [-0.05, 0) is 19.1 Å². The first-order valence-corrected chi connectivity index (χ1v) is 7.39. The van der Waals surface area contributed by atoms with Crippen molar-refractivity contribution >= 4 is 29.9 Å². The summed E-state index contributed by atoms with van der Waals surface area (Å²) >= 11 is 0. The minimum Gasteiger partial charge on any atom is -0.466 e. The molecule has 0 amide bonds. The summed E-state index contributed by atoms with van der Waals surface area (Å²) < 4.78 is 16.1. The Morgan fingerprint density at radius 2 is 2.39 bits per heavy atom. The van der Waals surface area contributed by atoms with Gasteiger partial charge in [-0.25, -0.2) is 0 Å². The number of furan rings is 1. The van der Waals surface area contributed by atoms with Crippen molar-refractivity contribution in [3.8, 4) is 0 Å². The third kappa shape index (κ3) is 5.63. The van der Waals surface area contributed by atoms with Crippen LogP contribution >= 0.6 is 24.0 Å². The molecular formula is C15H26IN3O4. The number of nitrogens with zero attached hydrogens (tertiary/aromatic N) is 2. The molecule has 2 unspecified atom stereocenters. The molecule has 2 rings (SSSR count). The van der Waals surface area contributed by atoms with Crippen LogP contribution in [0.15, 0.2) is 27.8 Å². The van der Waals surface area contributed by atoms with Crippen molar-refractivity contribution in [1.29, 1.82) is 0 Å². The van der Waals surface area contributed by atoms with E-state index in [-0.39, 0.29) is 30.1 Å². The van der Waals surface area contributed by atoms with Gasteiger partial charge >= 0.3 is 0 Å². The molecule has 0 saturated carbocycles. The lowest BCUT2D eigenvalue weighted by Gasteiger charge is -2.35. The number of hydrogen-bond acceptors (Lipinski definition) is 5. The SMILES string of the molecule is CN=C(NCC(C)(O)c1ccco1)N1CCOC(COC)C1.I. The van der Waals surface area contributed by atoms with E-state index < -0.39 is 5.60 Å². The molecule has 2 N–H and O–H groups in total. The zero-order valence-electron chi connectivity index (χ0n) is 13.8. The van der Waals surface area contributed by atoms with Gasteiger partial charge in [0, 0.05) is 27.2 Å². The predicted molar refractivity (Wildman–Crippen MR) is 98.2 cm³/mol. The molecular weight excluding hydrogens is 413 g/mol. The van der Waals surface area contributed by atoms with Crippen LogP contribution in [0.4, 0.5) is 0 Å². The third-order valence-corrected chi connectivity index (χ3v) is 3.65. The van der Waals surface area contributed by atoms with Gasteiger partial charge in [0.05, 0.1) is 32.1 Å². The maximum absolute atomic E-state index is 10.5. The third-order valence-electron chi connectivity index (χ3n) is 3.65. The Kier molecular flexibility index (Phi) is 8.31. The van der Waals surface area contributed by atoms with Crippen LogP contribution < -0.4 is 5.32 Å². The summed E-state index contributed by atoms with van der Waals surface area (Å²) in [5, 5.41) is 13.7. The second-order valence-corrected chi connectivity index (χ2v) is 5.55. The van der Waals surface area contributed by atoms with Crippen molar-refractivity contribution < 1.29 is 19.0 Å². The Hall–Kier alpha value is -0.840. The smallest absolute Gasteiger partial charge is 0.193 e. The normalized spacial score (nSPS) is 21.5. The number of aliphatic imine (C=N–C) groups is 1. The van der Waals surface area contributed by atoms with Crippen LogP contribution in [-0.4, -0.2) is 69.1 Å². The van der Waals surface area contributed by atoms with Crippen LogP contribution in [0.25, 0.3) is 0 Å². The van der Waals surface area contributed by atoms with Gasteiger partial charge in [0.25, 0.3) is 0 Å². The Labute approximate surface area is 154 Å². The summed E-state index contributed by atoms with van der Waals surface area (Å²) in [7, 11) is 3.39. The van der Waals surface area contributed by atoms with Gasteiger partial charge in [-0.1, -0.05) is 0 Å². The van der Waals surface area contributed by atoms with E-state index in [1.54, 1.807) is 39.5 Å². The molecule has 0 aliphatic carbocycles. The number of morpholine rings is 1. The summed E-state index contributed by atoms with van der Waals surface area (Å²) in [6.07, 6.45) is 1.58. The highest BCUT2D eigenvalue weighted by atomic mass is 127. The molecule has 1 aromatic heterocycles. The molecule has 1 aliphatic rings. The van der Waals surface area contributed by atoms with Crippen LogP contribution in [0.2, 0.25) is 0 Å². The lowest BCUT2D eigenvalue weighted by molar-refractivity contribution is -0.0451. The van der Waals surface area contributed by atoms with Crippen molar-refractivity contribution in [3.63, 3.8) is 0 Å². The van der Waals surface area contributed by atoms with Crippen LogP contribution in [0.1, 0.15) is 12.7 Å². The van der Waals surface area contributed by atoms with Crippen LogP contribution in [-0.2, 0) is 15.1 Å². The number of methoxy groups -OCH3 is 1. The molecule has 0 bridgehead atoms. The summed E-state index contributed by atoms with van der Waals surface area (Å²) in [5.41, 5.74) is -1.10. The Morgan fingerprint density at radius 1 is 1.61 bits per heavy atom. The number of aliphatic hydroxyl groups is 1. The highest BCUT2D eigenvalue weighted by Crippen LogP contribution is 2.20. The molecule has 8 heteroatoms. The van der Waals surface area contributed by atoms with Gasteiger partial charge in [-0.3, -0.25) is 4.99 Å². The van der Waals surface area contributed by atoms with Gasteiger partial charge in [-0.2, -0.15) is 0 Å². The topological polar surface area (TPSA) is 79.5 Å². The van der Waals surface area contributed by atoms with E-state index >= 15 is 0 Å². The monoisotopic (exact) mass is 439 g/mol. The number of rotatable bonds is 5. The van der Waals surface area contributed by atoms with E-state index in [4.69, 9.17) is 13.9 Å². The minimum absolute atomic E-state index is 0. The number of nitrogens with one attached hydrogen (secondary N) is 1. The average molecular weight is 439 g/mol. The number of ether oxygens (including phenoxy) is 2. The molecule has 1 saturated heterocycles. The maximum Gasteiger partial charge on any atom is 0.193 e. The predicted octanol–water partition coefficient (Wildman–Crippen LogP) is 1.03. The van der Waals surface area contributed by atoms with E-state index in [2.05, 4.69) is 15.2 Å². The quantitative estimate of drug-likeness (QED) is 0.406. The van der Waals surface area contributed by atoms with Gasteiger partial charge < -0.3 is 29.2 Å². The number of halogens is 1. The fourth-order valence-corrected chi connectivity index (χ4v) is 2.45. The van der Waals surface area contributed by atoms with E-state index in [9.17, 15) is 5.11 Å². The molecule has 7 nitrogen and oxygen atoms in total. The summed E-state index contributed by atoms with van der Waals surface area (Å²) in [6.45, 7) is 4.65. The maximum atomic E-state index is 10.5. The molecule has 0 radical (unpaired) electrons. The summed E-state index contributed by atoms with van der Waals surface area (Å²) in [5.74, 6) is 1.26. The van der Waals surface area contributed by atoms with E-state index in [1.165, 1.54) is 0 Å². The van der Waals surface area contributed by atoms with Crippen molar-refractivity contribution in [2.75, 3.05) is 47.0 Å². The second-order valence-electron chi connectivity index (χ2n) is 5.55. The van der Waals surface area contributed by atoms with Crippen LogP contribution in [0.5, 0.6) is 0 Å². The molecule has 1 aliphatic heterocycles. The minimum atomic E-state index is -1.10. The largest absolute Gasteiger partial charge is 0.466 e. The highest BCUT2D eigenvalue weighted by molar-refractivity contribution is 14.0. The lowest BCUT2D eigenvalue weighted by atomic mass is 10.0. The molecule has 1 aromatic rings. The summed E-state index contributed by atoms with van der Waals surface area (Å²) in [6, 6.07) is 3.52. The molecule has 2 heterocycles. The Balaban J connectivity index is 0.00000264. The van der Waals surface area contributed by atoms with E-state index in [0.29, 0.717) is 32.1 Å². The fourth-order valence-electron chi connectivity index (χ4n) is 2.45. The van der Waals surface area contributed by atoms with Crippen molar-refractivity contribution in [2.45, 2.75) is 18.6 Å². The first-order chi connectivity index (χ1) is 10.6. The standard InChI is InChI=1S/C15H25N3O4.HI/c1-15(19,13-5-4-7-22-13)11-17-14(16-2)18-6-8-21-12(9-18)10-20-3;/h4-5,7,12,19H,6,8-11H2,1-3H3,(H,16,17);1H. The average Bonchev–Trinajstić information content (AvgIpc) is 3.04. The second kappa shape index (κ2) is 9.45. The van der Waals surface area contributed by atoms with E-state index in [1.807, 2.05) is 0 Å². The van der Waals surface area contributed by atoms with Gasteiger partial charge in [0.1, 0.15) is 11.4 Å². The van der Waals surface area contributed by atoms with Gasteiger partial charge in [0.2, 0.25) is 0 Å². The Morgan fingerprint density at radius 3 is 3.00 bits per heavy atom. The first kappa shape index (κ1) is 20.2. The highest BCUT2D eigenvalue weighted by Gasteiger charge is 2.28. The van der Waals surface area contributed by atoms with E-state index in [0.717, 1.165) is 12.5 Å². The van der Waals surface area contributed by atoms with Gasteiger partial charge in [-0.15, -0.1) is 24.0 Å². The molecule has 0 spiro atoms. The first-order valence-electron chi connectivity index (χ1n) is 7.39. The molecule has 1 fully saturated rings. The van der Waals surface area contributed by atoms with Crippen molar-refractivity contribution in [2.24, 2.45) is 4.99 Å². The molecule has 23 heavy (non-hydrogen) atoms. The molecule has 0 aromatic carbocycles. The Bertz CT molecular complexity index is 477. The zero-order chi connectivity index (χ0) is 16.0. The zero-order valence-corrected chi connectivity index (χ0v) is 16.1. The number of guanidine groups is 1. The van der Waals surface area contributed by atoms with Crippen molar-refractivity contribution in [3.05, 3.63) is 24.2 Å². The molecule has 132 valence electrons. The van der Waals surface area contributed by atoms with Crippen LogP contribution in [0.3, 0.4) is 0 Å². The summed E-state index contributed by atoms with van der Waals surface area (Å²) in [4.78, 5) is 6.39. The molecule has 2 atom stereocenters. The number of hydrogen-bond donors (Lipinski definition) is 2. The lowest BCUT2D eigenvalue weighted by Crippen LogP contribution is -2.53. The fraction of sp³-hybridized carbons (Fsp3) is 0.667.